The number of fused-ring (bicyclic) bond motifs is 1. The summed E-state index contributed by atoms with van der Waals surface area (Å²) < 4.78 is 12.4. The molecule has 0 radical (unpaired) electrons. The minimum atomic E-state index is -0.940. The van der Waals surface area contributed by atoms with Gasteiger partial charge in [-0.3, -0.25) is 9.59 Å². The molecule has 178 valence electrons. The highest BCUT2D eigenvalue weighted by molar-refractivity contribution is 7.19. The van der Waals surface area contributed by atoms with Crippen LogP contribution in [0.25, 0.3) is 21.9 Å². The fourth-order valence-corrected chi connectivity index (χ4v) is 4.41. The van der Waals surface area contributed by atoms with Gasteiger partial charge in [0.1, 0.15) is 5.01 Å². The van der Waals surface area contributed by atoms with E-state index >= 15 is 0 Å². The zero-order valence-electron chi connectivity index (χ0n) is 19.1. The van der Waals surface area contributed by atoms with Crippen LogP contribution >= 0.6 is 11.3 Å². The Morgan fingerprint density at radius 2 is 1.77 bits per heavy atom. The van der Waals surface area contributed by atoms with Gasteiger partial charge in [0, 0.05) is 5.69 Å². The van der Waals surface area contributed by atoms with E-state index in [4.69, 9.17) is 9.47 Å². The highest BCUT2D eigenvalue weighted by Gasteiger charge is 2.14. The zero-order valence-corrected chi connectivity index (χ0v) is 19.9. The van der Waals surface area contributed by atoms with E-state index in [1.807, 2.05) is 49.4 Å². The second kappa shape index (κ2) is 11.3. The molecule has 4 aromatic rings. The number of thiazole rings is 1. The van der Waals surface area contributed by atoms with Crippen LogP contribution in [0.2, 0.25) is 0 Å². The Labute approximate surface area is 206 Å². The van der Waals surface area contributed by atoms with E-state index in [2.05, 4.69) is 10.3 Å². The van der Waals surface area contributed by atoms with E-state index in [0.717, 1.165) is 15.8 Å². The van der Waals surface area contributed by atoms with Gasteiger partial charge < -0.3 is 19.9 Å². The van der Waals surface area contributed by atoms with Crippen molar-refractivity contribution in [3.8, 4) is 11.5 Å². The van der Waals surface area contributed by atoms with Crippen molar-refractivity contribution in [3.05, 3.63) is 83.4 Å². The molecular weight excluding hydrogens is 464 g/mol. The van der Waals surface area contributed by atoms with E-state index in [0.29, 0.717) is 34.4 Å². The first kappa shape index (κ1) is 24.0. The molecule has 1 heterocycles. The van der Waals surface area contributed by atoms with Crippen LogP contribution in [0.15, 0.2) is 72.8 Å². The number of carbonyl (C=O) groups is 2. The quantitative estimate of drug-likeness (QED) is 0.296. The topological polar surface area (TPSA) is 97.8 Å². The molecule has 1 aromatic heterocycles. The number of carboxylic acid groups (broad SMARTS) is 1. The van der Waals surface area contributed by atoms with E-state index in [1.54, 1.807) is 36.4 Å². The maximum atomic E-state index is 12.3. The Bertz CT molecular complexity index is 1330. The predicted molar refractivity (Wildman–Crippen MR) is 138 cm³/mol. The van der Waals surface area contributed by atoms with Crippen LogP contribution in [-0.4, -0.2) is 35.2 Å². The van der Waals surface area contributed by atoms with Crippen molar-refractivity contribution in [1.29, 1.82) is 0 Å². The van der Waals surface area contributed by atoms with Crippen LogP contribution in [0.5, 0.6) is 11.5 Å². The summed E-state index contributed by atoms with van der Waals surface area (Å²) >= 11 is 1.45. The van der Waals surface area contributed by atoms with E-state index in [1.165, 1.54) is 11.3 Å². The monoisotopic (exact) mass is 488 g/mol. The van der Waals surface area contributed by atoms with E-state index in [9.17, 15) is 14.7 Å². The largest absolute Gasteiger partial charge is 0.490 e. The Morgan fingerprint density at radius 3 is 2.51 bits per heavy atom. The number of carbonyl (C=O) groups excluding carboxylic acids is 1. The molecule has 8 heteroatoms. The molecule has 35 heavy (non-hydrogen) atoms. The molecule has 3 aromatic carbocycles. The van der Waals surface area contributed by atoms with Gasteiger partial charge in [0.2, 0.25) is 0 Å². The molecule has 0 aliphatic rings. The first-order chi connectivity index (χ1) is 17.0. The molecule has 0 fully saturated rings. The molecule has 4 rings (SSSR count). The molecule has 0 spiro atoms. The molecule has 0 bridgehead atoms. The van der Waals surface area contributed by atoms with E-state index < -0.39 is 5.97 Å². The summed E-state index contributed by atoms with van der Waals surface area (Å²) in [5, 5.41) is 12.9. The van der Waals surface area contributed by atoms with Gasteiger partial charge in [0.05, 0.1) is 23.2 Å². The number of nitrogens with one attached hydrogen (secondary N) is 1. The first-order valence-electron chi connectivity index (χ1n) is 11.0. The lowest BCUT2D eigenvalue weighted by molar-refractivity contribution is -0.135. The molecule has 0 unspecified atom stereocenters. The smallest absolute Gasteiger partial charge is 0.307 e. The molecule has 1 amide bonds. The normalized spacial score (nSPS) is 11.3. The van der Waals surface area contributed by atoms with Crippen LogP contribution in [-0.2, 0) is 9.59 Å². The van der Waals surface area contributed by atoms with E-state index in [-0.39, 0.29) is 18.9 Å². The average molecular weight is 489 g/mol. The summed E-state index contributed by atoms with van der Waals surface area (Å²) in [6.07, 6.45) is 1.63. The Hall–Kier alpha value is -4.17. The molecule has 7 nitrogen and oxygen atoms in total. The van der Waals surface area contributed by atoms with Gasteiger partial charge in [-0.25, -0.2) is 4.98 Å². The molecule has 0 aliphatic heterocycles. The summed E-state index contributed by atoms with van der Waals surface area (Å²) in [5.41, 5.74) is 2.85. The standard InChI is InChI=1S/C27H24N2O5S/c1-2-33-23-15-18(12-13-22(23)34-17-25(30)28-20-8-4-3-5-9-20)14-19(16-26(31)32)27-29-21-10-6-7-11-24(21)35-27/h3-15H,2,16-17H2,1H3,(H,28,30)(H,31,32)/b19-14-. The highest BCUT2D eigenvalue weighted by atomic mass is 32.1. The van der Waals surface area contributed by atoms with Crippen molar-refractivity contribution in [1.82, 2.24) is 4.98 Å². The molecule has 2 N–H and O–H groups in total. The third-order valence-electron chi connectivity index (χ3n) is 4.94. The molecule has 0 saturated carbocycles. The first-order valence-corrected chi connectivity index (χ1v) is 11.9. The summed E-state index contributed by atoms with van der Waals surface area (Å²) in [5.74, 6) is -0.341. The number of anilines is 1. The summed E-state index contributed by atoms with van der Waals surface area (Å²) in [6.45, 7) is 2.07. The number of hydrogen-bond acceptors (Lipinski definition) is 6. The molecule has 0 atom stereocenters. The van der Waals surface area contributed by atoms with Crippen LogP contribution < -0.4 is 14.8 Å². The number of benzene rings is 3. The average Bonchev–Trinajstić information content (AvgIpc) is 3.28. The number of para-hydroxylation sites is 2. The predicted octanol–water partition coefficient (Wildman–Crippen LogP) is 5.73. The van der Waals surface area contributed by atoms with Crippen molar-refractivity contribution in [2.75, 3.05) is 18.5 Å². The lowest BCUT2D eigenvalue weighted by Gasteiger charge is -2.13. The van der Waals surface area contributed by atoms with Gasteiger partial charge in [-0.1, -0.05) is 36.4 Å². The number of amides is 1. The lowest BCUT2D eigenvalue weighted by atomic mass is 10.1. The minimum Gasteiger partial charge on any atom is -0.490 e. The summed E-state index contributed by atoms with van der Waals surface area (Å²) in [6, 6.07) is 22.1. The van der Waals surface area contributed by atoms with Crippen LogP contribution in [0, 0.1) is 0 Å². The Balaban J connectivity index is 1.55. The van der Waals surface area contributed by atoms with Gasteiger partial charge in [-0.2, -0.15) is 0 Å². The second-order valence-electron chi connectivity index (χ2n) is 7.57. The second-order valence-corrected chi connectivity index (χ2v) is 8.60. The summed E-state index contributed by atoms with van der Waals surface area (Å²) in [4.78, 5) is 28.4. The maximum Gasteiger partial charge on any atom is 0.307 e. The number of ether oxygens (including phenoxy) is 2. The van der Waals surface area contributed by atoms with Crippen molar-refractivity contribution in [2.24, 2.45) is 0 Å². The number of nitrogens with zero attached hydrogens (tertiary/aromatic N) is 1. The third kappa shape index (κ3) is 6.45. The van der Waals surface area contributed by atoms with Crippen molar-refractivity contribution < 1.29 is 24.2 Å². The number of aliphatic carboxylic acids is 1. The number of rotatable bonds is 10. The Kier molecular flexibility index (Phi) is 7.74. The highest BCUT2D eigenvalue weighted by Crippen LogP contribution is 2.33. The van der Waals surface area contributed by atoms with Crippen molar-refractivity contribution in [3.63, 3.8) is 0 Å². The maximum absolute atomic E-state index is 12.3. The fraction of sp³-hybridized carbons (Fsp3) is 0.148. The van der Waals surface area contributed by atoms with Crippen LogP contribution in [0.3, 0.4) is 0 Å². The Morgan fingerprint density at radius 1 is 1.00 bits per heavy atom. The number of hydrogen-bond donors (Lipinski definition) is 2. The van der Waals surface area contributed by atoms with Gasteiger partial charge >= 0.3 is 5.97 Å². The van der Waals surface area contributed by atoms with Crippen molar-refractivity contribution in [2.45, 2.75) is 13.3 Å². The third-order valence-corrected chi connectivity index (χ3v) is 6.05. The minimum absolute atomic E-state index is 0.165. The molecule has 0 saturated heterocycles. The zero-order chi connectivity index (χ0) is 24.6. The molecule has 0 aliphatic carbocycles. The van der Waals surface area contributed by atoms with Gasteiger partial charge in [-0.05, 0) is 60.5 Å². The van der Waals surface area contributed by atoms with Crippen LogP contribution in [0.1, 0.15) is 23.9 Å². The van der Waals surface area contributed by atoms with Crippen LogP contribution in [0.4, 0.5) is 5.69 Å². The van der Waals surface area contributed by atoms with Crippen molar-refractivity contribution >= 4 is 50.8 Å². The molecular formula is C27H24N2O5S. The van der Waals surface area contributed by atoms with Gasteiger partial charge in [-0.15, -0.1) is 11.3 Å². The lowest BCUT2D eigenvalue weighted by Crippen LogP contribution is -2.20. The fourth-order valence-electron chi connectivity index (χ4n) is 3.43. The SMILES string of the molecule is CCOc1cc(/C=C(/CC(=O)O)c2nc3ccccc3s2)ccc1OCC(=O)Nc1ccccc1. The van der Waals surface area contributed by atoms with Gasteiger partial charge in [0.25, 0.3) is 5.91 Å². The van der Waals surface area contributed by atoms with Gasteiger partial charge in [0.15, 0.2) is 18.1 Å². The number of carboxylic acids is 1. The number of aromatic nitrogens is 1. The summed E-state index contributed by atoms with van der Waals surface area (Å²) in [7, 11) is 0.